The van der Waals surface area contributed by atoms with E-state index >= 15 is 0 Å². The van der Waals surface area contributed by atoms with Crippen LogP contribution in [0.5, 0.6) is 0 Å². The maximum Gasteiger partial charge on any atom is 0.254 e. The topological polar surface area (TPSA) is 74.6 Å². The fraction of sp³-hybridized carbons (Fsp3) is 0.333. The molecule has 2 aromatic heterocycles. The number of hydrogen-bond acceptors (Lipinski definition) is 5. The normalized spacial score (nSPS) is 18.4. The highest BCUT2D eigenvalue weighted by molar-refractivity contribution is 5.98. The summed E-state index contributed by atoms with van der Waals surface area (Å²) in [5.74, 6) is -0.153. The summed E-state index contributed by atoms with van der Waals surface area (Å²) in [4.78, 5) is 41.6. The van der Waals surface area contributed by atoms with Gasteiger partial charge in [-0.3, -0.25) is 14.6 Å². The summed E-state index contributed by atoms with van der Waals surface area (Å²) in [6.07, 6.45) is 5.95. The van der Waals surface area contributed by atoms with Crippen molar-refractivity contribution in [2.45, 2.75) is 12.5 Å². The minimum Gasteiger partial charge on any atom is -0.368 e. The van der Waals surface area contributed by atoms with Crippen molar-refractivity contribution in [3.05, 3.63) is 78.1 Å². The molecular weight excluding hydrogens is 404 g/mol. The summed E-state index contributed by atoms with van der Waals surface area (Å²) in [7, 11) is 1.89. The molecule has 2 aliphatic heterocycles. The first-order valence-corrected chi connectivity index (χ1v) is 10.9. The summed E-state index contributed by atoms with van der Waals surface area (Å²) < 4.78 is 1.88. The number of amides is 2. The number of carbonyl (C=O) groups excluding carboxylic acids is 2. The van der Waals surface area contributed by atoms with Crippen LogP contribution < -0.4 is 4.90 Å². The standard InChI is InChI=1S/C24H26N6O2/c1-27-17-26-20-9-12-30(23(31)18-5-3-2-4-6-18)22(21(20)27)24(32)29-15-13-28(14-16-29)19-7-10-25-11-8-19/h2-8,10-11,17,22H,9,12-16H2,1H3. The van der Waals surface area contributed by atoms with E-state index in [0.717, 1.165) is 30.2 Å². The maximum atomic E-state index is 13.8. The van der Waals surface area contributed by atoms with Gasteiger partial charge in [0.25, 0.3) is 11.8 Å². The van der Waals surface area contributed by atoms with Crippen molar-refractivity contribution in [1.82, 2.24) is 24.3 Å². The highest BCUT2D eigenvalue weighted by atomic mass is 16.2. The van der Waals surface area contributed by atoms with Crippen molar-refractivity contribution in [3.8, 4) is 0 Å². The molecular formula is C24H26N6O2. The van der Waals surface area contributed by atoms with E-state index in [1.54, 1.807) is 35.8 Å². The van der Waals surface area contributed by atoms with Gasteiger partial charge in [0.05, 0.1) is 17.7 Å². The lowest BCUT2D eigenvalue weighted by Gasteiger charge is -2.41. The van der Waals surface area contributed by atoms with E-state index in [1.165, 1.54) is 0 Å². The van der Waals surface area contributed by atoms with Crippen molar-refractivity contribution in [3.63, 3.8) is 0 Å². The summed E-state index contributed by atoms with van der Waals surface area (Å²) >= 11 is 0. The van der Waals surface area contributed by atoms with Gasteiger partial charge in [-0.25, -0.2) is 4.98 Å². The van der Waals surface area contributed by atoms with E-state index in [4.69, 9.17) is 0 Å². The predicted molar refractivity (Wildman–Crippen MR) is 120 cm³/mol. The number of pyridine rings is 1. The van der Waals surface area contributed by atoms with Crippen LogP contribution in [0.4, 0.5) is 5.69 Å². The largest absolute Gasteiger partial charge is 0.368 e. The Morgan fingerprint density at radius 1 is 0.938 bits per heavy atom. The number of piperazine rings is 1. The van der Waals surface area contributed by atoms with Gasteiger partial charge in [-0.1, -0.05) is 18.2 Å². The van der Waals surface area contributed by atoms with Gasteiger partial charge in [0.15, 0.2) is 6.04 Å². The Morgan fingerprint density at radius 3 is 2.38 bits per heavy atom. The summed E-state index contributed by atoms with van der Waals surface area (Å²) in [5.41, 5.74) is 3.43. The Kier molecular flexibility index (Phi) is 5.34. The number of benzene rings is 1. The van der Waals surface area contributed by atoms with E-state index in [0.29, 0.717) is 31.6 Å². The van der Waals surface area contributed by atoms with Crippen LogP contribution in [-0.4, -0.2) is 68.9 Å². The minimum absolute atomic E-state index is 0.0341. The number of imidazole rings is 1. The average molecular weight is 431 g/mol. The minimum atomic E-state index is -0.661. The third kappa shape index (κ3) is 3.62. The van der Waals surface area contributed by atoms with Gasteiger partial charge in [0.1, 0.15) is 0 Å². The number of rotatable bonds is 3. The van der Waals surface area contributed by atoms with Crippen molar-refractivity contribution in [2.75, 3.05) is 37.6 Å². The van der Waals surface area contributed by atoms with Crippen LogP contribution in [-0.2, 0) is 18.3 Å². The molecule has 5 rings (SSSR count). The lowest BCUT2D eigenvalue weighted by molar-refractivity contribution is -0.137. The molecule has 32 heavy (non-hydrogen) atoms. The van der Waals surface area contributed by atoms with Crippen molar-refractivity contribution < 1.29 is 9.59 Å². The molecule has 3 aromatic rings. The van der Waals surface area contributed by atoms with Crippen molar-refractivity contribution in [2.24, 2.45) is 7.05 Å². The number of fused-ring (bicyclic) bond motifs is 1. The van der Waals surface area contributed by atoms with Crippen LogP contribution in [0.1, 0.15) is 27.8 Å². The summed E-state index contributed by atoms with van der Waals surface area (Å²) in [6, 6.07) is 12.5. The van der Waals surface area contributed by atoms with Crippen LogP contribution in [0.3, 0.4) is 0 Å². The quantitative estimate of drug-likeness (QED) is 0.635. The van der Waals surface area contributed by atoms with Gasteiger partial charge in [0.2, 0.25) is 0 Å². The third-order valence-corrected chi connectivity index (χ3v) is 6.36. The molecule has 0 radical (unpaired) electrons. The molecule has 164 valence electrons. The predicted octanol–water partition coefficient (Wildman–Crippen LogP) is 1.90. The molecule has 0 bridgehead atoms. The second-order valence-electron chi connectivity index (χ2n) is 8.22. The third-order valence-electron chi connectivity index (χ3n) is 6.36. The Labute approximate surface area is 187 Å². The molecule has 1 saturated heterocycles. The van der Waals surface area contributed by atoms with Crippen LogP contribution in [0.2, 0.25) is 0 Å². The van der Waals surface area contributed by atoms with Crippen LogP contribution in [0.25, 0.3) is 0 Å². The SMILES string of the molecule is Cn1cnc2c1C(C(=O)N1CCN(c3ccncc3)CC1)N(C(=O)c1ccccc1)CC2. The Balaban J connectivity index is 1.40. The van der Waals surface area contributed by atoms with Crippen molar-refractivity contribution >= 4 is 17.5 Å². The lowest BCUT2D eigenvalue weighted by atomic mass is 9.99. The first kappa shape index (κ1) is 20.2. The second-order valence-corrected chi connectivity index (χ2v) is 8.22. The van der Waals surface area contributed by atoms with Crippen LogP contribution in [0.15, 0.2) is 61.2 Å². The number of nitrogens with zero attached hydrogens (tertiary/aromatic N) is 6. The zero-order valence-electron chi connectivity index (χ0n) is 18.1. The van der Waals surface area contributed by atoms with Gasteiger partial charge in [0, 0.05) is 69.8 Å². The monoisotopic (exact) mass is 430 g/mol. The highest BCUT2D eigenvalue weighted by Crippen LogP contribution is 2.32. The molecule has 4 heterocycles. The van der Waals surface area contributed by atoms with Gasteiger partial charge in [-0.2, -0.15) is 0 Å². The highest BCUT2D eigenvalue weighted by Gasteiger charge is 2.41. The maximum absolute atomic E-state index is 13.8. The Hall–Kier alpha value is -3.68. The first-order valence-electron chi connectivity index (χ1n) is 10.9. The van der Waals surface area contributed by atoms with E-state index in [1.807, 2.05) is 46.8 Å². The number of aryl methyl sites for hydroxylation is 1. The van der Waals surface area contributed by atoms with Crippen LogP contribution >= 0.6 is 0 Å². The van der Waals surface area contributed by atoms with Gasteiger partial charge < -0.3 is 19.3 Å². The zero-order chi connectivity index (χ0) is 22.1. The zero-order valence-corrected chi connectivity index (χ0v) is 18.1. The number of aromatic nitrogens is 3. The lowest BCUT2D eigenvalue weighted by Crippen LogP contribution is -2.54. The number of carbonyl (C=O) groups is 2. The molecule has 2 aliphatic rings. The van der Waals surface area contributed by atoms with Crippen molar-refractivity contribution in [1.29, 1.82) is 0 Å². The molecule has 0 aliphatic carbocycles. The fourth-order valence-electron chi connectivity index (χ4n) is 4.66. The van der Waals surface area contributed by atoms with Gasteiger partial charge >= 0.3 is 0 Å². The van der Waals surface area contributed by atoms with E-state index in [2.05, 4.69) is 14.9 Å². The molecule has 2 amide bonds. The molecule has 1 atom stereocenters. The number of hydrogen-bond donors (Lipinski definition) is 0. The smallest absolute Gasteiger partial charge is 0.254 e. The summed E-state index contributed by atoms with van der Waals surface area (Å²) in [5, 5.41) is 0. The molecule has 0 spiro atoms. The van der Waals surface area contributed by atoms with E-state index in [9.17, 15) is 9.59 Å². The summed E-state index contributed by atoms with van der Waals surface area (Å²) in [6.45, 7) is 3.18. The van der Waals surface area contributed by atoms with E-state index in [-0.39, 0.29) is 11.8 Å². The average Bonchev–Trinajstić information content (AvgIpc) is 3.24. The van der Waals surface area contributed by atoms with Gasteiger partial charge in [-0.15, -0.1) is 0 Å². The molecule has 1 unspecified atom stereocenters. The number of anilines is 1. The molecule has 0 saturated carbocycles. The molecule has 8 nitrogen and oxygen atoms in total. The fourth-order valence-corrected chi connectivity index (χ4v) is 4.66. The molecule has 1 aromatic carbocycles. The van der Waals surface area contributed by atoms with Gasteiger partial charge in [-0.05, 0) is 24.3 Å². The first-order chi connectivity index (χ1) is 15.6. The van der Waals surface area contributed by atoms with Crippen LogP contribution in [0, 0.1) is 0 Å². The Morgan fingerprint density at radius 2 is 1.66 bits per heavy atom. The molecule has 8 heteroatoms. The second kappa shape index (κ2) is 8.45. The Bertz CT molecular complexity index is 1110. The molecule has 1 fully saturated rings. The van der Waals surface area contributed by atoms with E-state index < -0.39 is 6.04 Å². The molecule has 0 N–H and O–H groups in total.